The molecule has 16 heavy (non-hydrogen) atoms. The number of halogens is 1. The molecule has 1 unspecified atom stereocenters. The van der Waals surface area contributed by atoms with Gasteiger partial charge in [-0.25, -0.2) is 0 Å². The molecule has 1 aliphatic carbocycles. The molecule has 0 saturated heterocycles. The average Bonchev–Trinajstić information content (AvgIpc) is 3.04. The Bertz CT molecular complexity index is 386. The molecule has 0 radical (unpaired) electrons. The van der Waals surface area contributed by atoms with E-state index in [1.165, 1.54) is 5.56 Å². The first-order valence-corrected chi connectivity index (χ1v) is 6.48. The molecule has 0 bridgehead atoms. The normalized spacial score (nSPS) is 17.2. The summed E-state index contributed by atoms with van der Waals surface area (Å²) in [5, 5.41) is 9.27. The largest absolute Gasteiger partial charge is 0.489 e. The molecular weight excluding hydrogens is 268 g/mol. The van der Waals surface area contributed by atoms with Crippen molar-refractivity contribution in [2.75, 3.05) is 6.61 Å². The molecular formula is C13H17BrO2. The molecule has 0 aromatic heterocycles. The standard InChI is InChI=1S/C13H17BrO2/c1-8-5-11(9(2)7-15)13(12(14)6-8)16-10-3-4-10/h5-6,9-10,15H,3-4,7H2,1-2H3. The summed E-state index contributed by atoms with van der Waals surface area (Å²) >= 11 is 3.55. The first-order valence-electron chi connectivity index (χ1n) is 5.69. The first-order chi connectivity index (χ1) is 7.61. The van der Waals surface area contributed by atoms with Crippen molar-refractivity contribution in [3.8, 4) is 5.75 Å². The fourth-order valence-electron chi connectivity index (χ4n) is 1.70. The van der Waals surface area contributed by atoms with E-state index in [9.17, 15) is 5.11 Å². The molecule has 1 saturated carbocycles. The van der Waals surface area contributed by atoms with E-state index < -0.39 is 0 Å². The molecule has 0 amide bonds. The molecule has 1 aromatic carbocycles. The van der Waals surface area contributed by atoms with Crippen LogP contribution in [0, 0.1) is 6.92 Å². The molecule has 0 spiro atoms. The van der Waals surface area contributed by atoms with Crippen LogP contribution in [-0.2, 0) is 0 Å². The Balaban J connectivity index is 2.36. The third-order valence-electron chi connectivity index (χ3n) is 2.83. The Labute approximate surface area is 105 Å². The molecule has 1 fully saturated rings. The topological polar surface area (TPSA) is 29.5 Å². The summed E-state index contributed by atoms with van der Waals surface area (Å²) < 4.78 is 6.90. The molecule has 88 valence electrons. The predicted molar refractivity (Wildman–Crippen MR) is 68.0 cm³/mol. The zero-order valence-electron chi connectivity index (χ0n) is 9.66. The second kappa shape index (κ2) is 4.76. The summed E-state index contributed by atoms with van der Waals surface area (Å²) in [5.41, 5.74) is 2.28. The van der Waals surface area contributed by atoms with Crippen LogP contribution in [0.25, 0.3) is 0 Å². The fourth-order valence-corrected chi connectivity index (χ4v) is 2.38. The smallest absolute Gasteiger partial charge is 0.137 e. The maximum Gasteiger partial charge on any atom is 0.137 e. The van der Waals surface area contributed by atoms with Gasteiger partial charge < -0.3 is 9.84 Å². The lowest BCUT2D eigenvalue weighted by Gasteiger charge is -2.17. The van der Waals surface area contributed by atoms with Gasteiger partial charge in [0.1, 0.15) is 5.75 Å². The van der Waals surface area contributed by atoms with Crippen molar-refractivity contribution in [3.63, 3.8) is 0 Å². The van der Waals surface area contributed by atoms with E-state index in [0.717, 1.165) is 28.6 Å². The van der Waals surface area contributed by atoms with Crippen LogP contribution in [0.15, 0.2) is 16.6 Å². The number of rotatable bonds is 4. The van der Waals surface area contributed by atoms with Crippen LogP contribution in [0.2, 0.25) is 0 Å². The van der Waals surface area contributed by atoms with E-state index in [-0.39, 0.29) is 12.5 Å². The van der Waals surface area contributed by atoms with E-state index in [1.807, 2.05) is 6.92 Å². The summed E-state index contributed by atoms with van der Waals surface area (Å²) in [6.45, 7) is 4.22. The van der Waals surface area contributed by atoms with Gasteiger partial charge in [0.15, 0.2) is 0 Å². The summed E-state index contributed by atoms with van der Waals surface area (Å²) in [7, 11) is 0. The highest BCUT2D eigenvalue weighted by Crippen LogP contribution is 2.38. The van der Waals surface area contributed by atoms with E-state index in [0.29, 0.717) is 6.10 Å². The quantitative estimate of drug-likeness (QED) is 0.918. The summed E-state index contributed by atoms with van der Waals surface area (Å²) in [4.78, 5) is 0. The van der Waals surface area contributed by atoms with Gasteiger partial charge in [-0.3, -0.25) is 0 Å². The molecule has 2 rings (SSSR count). The van der Waals surface area contributed by atoms with Crippen molar-refractivity contribution in [1.29, 1.82) is 0 Å². The van der Waals surface area contributed by atoms with Crippen LogP contribution < -0.4 is 4.74 Å². The number of aryl methyl sites for hydroxylation is 1. The zero-order chi connectivity index (χ0) is 11.7. The predicted octanol–water partition coefficient (Wildman–Crippen LogP) is 3.39. The Hall–Kier alpha value is -0.540. The Morgan fingerprint density at radius 1 is 1.50 bits per heavy atom. The van der Waals surface area contributed by atoms with Crippen molar-refractivity contribution in [3.05, 3.63) is 27.7 Å². The number of ether oxygens (including phenoxy) is 1. The molecule has 1 aliphatic rings. The van der Waals surface area contributed by atoms with Crippen LogP contribution >= 0.6 is 15.9 Å². The van der Waals surface area contributed by atoms with Gasteiger partial charge in [0.05, 0.1) is 10.6 Å². The third-order valence-corrected chi connectivity index (χ3v) is 3.42. The molecule has 1 atom stereocenters. The van der Waals surface area contributed by atoms with Crippen LogP contribution in [0.1, 0.15) is 36.8 Å². The molecule has 3 heteroatoms. The summed E-state index contributed by atoms with van der Waals surface area (Å²) in [6, 6.07) is 4.16. The van der Waals surface area contributed by atoms with Gasteiger partial charge in [-0.05, 0) is 47.3 Å². The molecule has 2 nitrogen and oxygen atoms in total. The van der Waals surface area contributed by atoms with Crippen molar-refractivity contribution in [1.82, 2.24) is 0 Å². The molecule has 1 N–H and O–H groups in total. The monoisotopic (exact) mass is 284 g/mol. The van der Waals surface area contributed by atoms with Gasteiger partial charge in [0.25, 0.3) is 0 Å². The highest BCUT2D eigenvalue weighted by Gasteiger charge is 2.26. The van der Waals surface area contributed by atoms with Gasteiger partial charge in [0, 0.05) is 18.1 Å². The van der Waals surface area contributed by atoms with Crippen LogP contribution in [0.4, 0.5) is 0 Å². The summed E-state index contributed by atoms with van der Waals surface area (Å²) in [5.74, 6) is 1.03. The lowest BCUT2D eigenvalue weighted by Crippen LogP contribution is -2.06. The minimum atomic E-state index is 0.116. The second-order valence-corrected chi connectivity index (χ2v) is 5.42. The van der Waals surface area contributed by atoms with Crippen molar-refractivity contribution >= 4 is 15.9 Å². The van der Waals surface area contributed by atoms with Crippen LogP contribution in [-0.4, -0.2) is 17.8 Å². The highest BCUT2D eigenvalue weighted by molar-refractivity contribution is 9.10. The number of aliphatic hydroxyl groups is 1. The van der Waals surface area contributed by atoms with Crippen molar-refractivity contribution in [2.45, 2.75) is 38.7 Å². The Morgan fingerprint density at radius 3 is 2.75 bits per heavy atom. The minimum absolute atomic E-state index is 0.116. The van der Waals surface area contributed by atoms with Gasteiger partial charge >= 0.3 is 0 Å². The Morgan fingerprint density at radius 2 is 2.19 bits per heavy atom. The maximum atomic E-state index is 9.27. The van der Waals surface area contributed by atoms with Crippen LogP contribution in [0.3, 0.4) is 0 Å². The molecule has 1 aromatic rings. The second-order valence-electron chi connectivity index (χ2n) is 4.57. The molecule has 0 heterocycles. The van der Waals surface area contributed by atoms with E-state index in [2.05, 4.69) is 35.0 Å². The maximum absolute atomic E-state index is 9.27. The van der Waals surface area contributed by atoms with E-state index >= 15 is 0 Å². The number of hydrogen-bond acceptors (Lipinski definition) is 2. The number of benzene rings is 1. The summed E-state index contributed by atoms with van der Waals surface area (Å²) in [6.07, 6.45) is 2.67. The lowest BCUT2D eigenvalue weighted by atomic mass is 9.99. The van der Waals surface area contributed by atoms with E-state index in [1.54, 1.807) is 0 Å². The number of aliphatic hydroxyl groups excluding tert-OH is 1. The van der Waals surface area contributed by atoms with E-state index in [4.69, 9.17) is 4.74 Å². The number of hydrogen-bond donors (Lipinski definition) is 1. The fraction of sp³-hybridized carbons (Fsp3) is 0.538. The zero-order valence-corrected chi connectivity index (χ0v) is 11.3. The SMILES string of the molecule is Cc1cc(Br)c(OC2CC2)c(C(C)CO)c1. The van der Waals surface area contributed by atoms with Crippen molar-refractivity contribution in [2.24, 2.45) is 0 Å². The van der Waals surface area contributed by atoms with Gasteiger partial charge in [-0.1, -0.05) is 13.0 Å². The van der Waals surface area contributed by atoms with Crippen LogP contribution in [0.5, 0.6) is 5.75 Å². The van der Waals surface area contributed by atoms with Crippen molar-refractivity contribution < 1.29 is 9.84 Å². The minimum Gasteiger partial charge on any atom is -0.489 e. The lowest BCUT2D eigenvalue weighted by molar-refractivity contribution is 0.261. The third kappa shape index (κ3) is 2.58. The molecule has 0 aliphatic heterocycles. The van der Waals surface area contributed by atoms with Gasteiger partial charge in [-0.15, -0.1) is 0 Å². The average molecular weight is 285 g/mol. The Kier molecular flexibility index (Phi) is 3.55. The van der Waals surface area contributed by atoms with Gasteiger partial charge in [-0.2, -0.15) is 0 Å². The first kappa shape index (κ1) is 11.9. The van der Waals surface area contributed by atoms with Gasteiger partial charge in [0.2, 0.25) is 0 Å². The highest BCUT2D eigenvalue weighted by atomic mass is 79.9.